The molecule has 1 amide bonds. The van der Waals surface area contributed by atoms with Crippen molar-refractivity contribution in [2.75, 3.05) is 4.90 Å². The molecule has 4 aromatic rings. The molecule has 2 atom stereocenters. The van der Waals surface area contributed by atoms with E-state index in [-0.39, 0.29) is 23.5 Å². The van der Waals surface area contributed by atoms with Crippen molar-refractivity contribution in [3.05, 3.63) is 142 Å². The Labute approximate surface area is 233 Å². The van der Waals surface area contributed by atoms with Gasteiger partial charge in [-0.25, -0.2) is 0 Å². The van der Waals surface area contributed by atoms with Gasteiger partial charge >= 0.3 is 0 Å². The van der Waals surface area contributed by atoms with Crippen molar-refractivity contribution in [2.45, 2.75) is 38.8 Å². The molecule has 1 saturated heterocycles. The Kier molecular flexibility index (Phi) is 6.22. The van der Waals surface area contributed by atoms with Gasteiger partial charge in [0, 0.05) is 23.2 Å². The van der Waals surface area contributed by atoms with Crippen LogP contribution in [0.3, 0.4) is 0 Å². The van der Waals surface area contributed by atoms with Gasteiger partial charge in [-0.15, -0.1) is 0 Å². The molecule has 5 heteroatoms. The van der Waals surface area contributed by atoms with Gasteiger partial charge in [0.2, 0.25) is 0 Å². The Morgan fingerprint density at radius 1 is 0.750 bits per heavy atom. The summed E-state index contributed by atoms with van der Waals surface area (Å²) < 4.78 is 6.59. The summed E-state index contributed by atoms with van der Waals surface area (Å²) in [6, 6.07) is 31.9. The summed E-state index contributed by atoms with van der Waals surface area (Å²) in [4.78, 5) is 44.2. The average molecular weight is 528 g/mol. The molecule has 4 aromatic carbocycles. The van der Waals surface area contributed by atoms with Gasteiger partial charge in [0.15, 0.2) is 5.78 Å². The summed E-state index contributed by atoms with van der Waals surface area (Å²) >= 11 is 0. The number of carbonyl (C=O) groups is 3. The predicted octanol–water partition coefficient (Wildman–Crippen LogP) is 6.72. The van der Waals surface area contributed by atoms with E-state index >= 15 is 0 Å². The van der Waals surface area contributed by atoms with Crippen molar-refractivity contribution in [3.63, 3.8) is 0 Å². The van der Waals surface area contributed by atoms with Crippen LogP contribution in [0, 0.1) is 20.8 Å². The first-order valence-electron chi connectivity index (χ1n) is 13.4. The maximum Gasteiger partial charge on any atom is 0.300 e. The molecule has 0 saturated carbocycles. The molecule has 0 radical (unpaired) electrons. The Hall–Kier alpha value is -4.77. The van der Waals surface area contributed by atoms with E-state index < -0.39 is 23.3 Å². The Bertz CT molecular complexity index is 1650. The van der Waals surface area contributed by atoms with E-state index in [2.05, 4.69) is 0 Å². The third kappa shape index (κ3) is 4.06. The first kappa shape index (κ1) is 25.5. The fraction of sp³-hybridized carbons (Fsp3) is 0.171. The van der Waals surface area contributed by atoms with E-state index in [0.717, 1.165) is 22.3 Å². The van der Waals surface area contributed by atoms with E-state index in [9.17, 15) is 14.4 Å². The lowest BCUT2D eigenvalue weighted by Crippen LogP contribution is -2.55. The van der Waals surface area contributed by atoms with Crippen LogP contribution in [0.5, 0.6) is 0 Å². The molecule has 0 aromatic heterocycles. The van der Waals surface area contributed by atoms with Gasteiger partial charge in [0.05, 0.1) is 5.57 Å². The number of carbonyl (C=O) groups excluding carboxylic acids is 3. The van der Waals surface area contributed by atoms with E-state index in [1.807, 2.05) is 99.6 Å². The SMILES string of the molecule is Cc1ccc(C(=O)C23CC(c4ccccc4)OC(c4ccc(C)cc4)=C2C(=O)C(=O)N3c2ccc(C)cc2)cc1. The lowest BCUT2D eigenvalue weighted by Gasteiger charge is -2.43. The first-order chi connectivity index (χ1) is 19.3. The molecule has 2 aliphatic rings. The smallest absolute Gasteiger partial charge is 0.300 e. The highest BCUT2D eigenvalue weighted by Gasteiger charge is 2.64. The highest BCUT2D eigenvalue weighted by Crippen LogP contribution is 2.53. The molecule has 198 valence electrons. The third-order valence-electron chi connectivity index (χ3n) is 7.85. The Balaban J connectivity index is 1.68. The molecule has 5 nitrogen and oxygen atoms in total. The summed E-state index contributed by atoms with van der Waals surface area (Å²) in [5, 5.41) is 0. The van der Waals surface area contributed by atoms with Crippen LogP contribution in [0.15, 0.2) is 109 Å². The molecule has 2 unspecified atom stereocenters. The first-order valence-corrected chi connectivity index (χ1v) is 13.4. The number of amides is 1. The minimum absolute atomic E-state index is 0.0969. The van der Waals surface area contributed by atoms with Crippen molar-refractivity contribution in [1.29, 1.82) is 0 Å². The molecule has 0 bridgehead atoms. The zero-order valence-electron chi connectivity index (χ0n) is 22.7. The van der Waals surface area contributed by atoms with Crippen LogP contribution in [0.1, 0.15) is 50.7 Å². The summed E-state index contributed by atoms with van der Waals surface area (Å²) in [5.41, 5.74) is 3.99. The maximum atomic E-state index is 14.8. The second kappa shape index (κ2) is 9.76. The van der Waals surface area contributed by atoms with Gasteiger partial charge in [0.1, 0.15) is 17.4 Å². The van der Waals surface area contributed by atoms with Crippen LogP contribution in [0.4, 0.5) is 5.69 Å². The van der Waals surface area contributed by atoms with Crippen molar-refractivity contribution in [3.8, 4) is 0 Å². The number of ether oxygens (including phenoxy) is 1. The van der Waals surface area contributed by atoms with E-state index in [4.69, 9.17) is 4.74 Å². The zero-order valence-corrected chi connectivity index (χ0v) is 22.7. The number of nitrogens with zero attached hydrogens (tertiary/aromatic N) is 1. The average Bonchev–Trinajstić information content (AvgIpc) is 3.21. The quantitative estimate of drug-likeness (QED) is 0.213. The number of fused-ring (bicyclic) bond motifs is 1. The number of anilines is 1. The lowest BCUT2D eigenvalue weighted by molar-refractivity contribution is -0.132. The maximum absolute atomic E-state index is 14.8. The summed E-state index contributed by atoms with van der Waals surface area (Å²) in [6.07, 6.45) is -0.484. The summed E-state index contributed by atoms with van der Waals surface area (Å²) in [6.45, 7) is 5.88. The predicted molar refractivity (Wildman–Crippen MR) is 155 cm³/mol. The highest BCUT2D eigenvalue weighted by molar-refractivity contribution is 6.55. The fourth-order valence-corrected chi connectivity index (χ4v) is 5.73. The van der Waals surface area contributed by atoms with Crippen LogP contribution in [0.25, 0.3) is 5.76 Å². The standard InChI is InChI=1S/C35H29NO4/c1-22-9-15-26(16-10-22)32-30-31(37)34(39)36(28-19-13-24(3)14-20-28)35(30,33(38)27-17-11-23(2)12-18-27)21-29(40-32)25-7-5-4-6-8-25/h4-20,29H,21H2,1-3H3. The van der Waals surface area contributed by atoms with Gasteiger partial charge in [0.25, 0.3) is 11.7 Å². The number of aryl methyl sites for hydroxylation is 3. The minimum Gasteiger partial charge on any atom is -0.484 e. The molecular formula is C35H29NO4. The van der Waals surface area contributed by atoms with Crippen LogP contribution in [0.2, 0.25) is 0 Å². The fourth-order valence-electron chi connectivity index (χ4n) is 5.73. The van der Waals surface area contributed by atoms with Crippen LogP contribution < -0.4 is 4.90 Å². The van der Waals surface area contributed by atoms with Crippen molar-refractivity contribution in [2.24, 2.45) is 0 Å². The number of Topliss-reactive ketones (excluding diaryl/α,β-unsaturated/α-hetero) is 2. The molecule has 2 heterocycles. The summed E-state index contributed by atoms with van der Waals surface area (Å²) in [5.74, 6) is -1.49. The number of hydrogen-bond acceptors (Lipinski definition) is 4. The Morgan fingerprint density at radius 2 is 1.30 bits per heavy atom. The van der Waals surface area contributed by atoms with Gasteiger partial charge in [-0.2, -0.15) is 0 Å². The van der Waals surface area contributed by atoms with Crippen molar-refractivity contribution < 1.29 is 19.1 Å². The van der Waals surface area contributed by atoms with Crippen LogP contribution in [-0.2, 0) is 14.3 Å². The molecule has 1 fully saturated rings. The van der Waals surface area contributed by atoms with Gasteiger partial charge in [-0.3, -0.25) is 19.3 Å². The van der Waals surface area contributed by atoms with Crippen LogP contribution >= 0.6 is 0 Å². The van der Waals surface area contributed by atoms with Crippen molar-refractivity contribution in [1.82, 2.24) is 0 Å². The molecule has 6 rings (SSSR count). The largest absolute Gasteiger partial charge is 0.484 e. The topological polar surface area (TPSA) is 63.7 Å². The lowest BCUT2D eigenvalue weighted by atomic mass is 9.74. The van der Waals surface area contributed by atoms with Gasteiger partial charge in [-0.1, -0.05) is 108 Å². The molecule has 40 heavy (non-hydrogen) atoms. The molecular weight excluding hydrogens is 498 g/mol. The zero-order chi connectivity index (χ0) is 28.0. The normalized spacial score (nSPS) is 20.4. The second-order valence-electron chi connectivity index (χ2n) is 10.7. The van der Waals surface area contributed by atoms with Gasteiger partial charge in [-0.05, 0) is 38.5 Å². The summed E-state index contributed by atoms with van der Waals surface area (Å²) in [7, 11) is 0. The molecule has 0 aliphatic carbocycles. The van der Waals surface area contributed by atoms with E-state index in [1.165, 1.54) is 4.90 Å². The monoisotopic (exact) mass is 527 g/mol. The minimum atomic E-state index is -1.60. The highest BCUT2D eigenvalue weighted by atomic mass is 16.5. The second-order valence-corrected chi connectivity index (χ2v) is 10.7. The molecule has 0 spiro atoms. The van der Waals surface area contributed by atoms with Crippen molar-refractivity contribution >= 4 is 28.9 Å². The van der Waals surface area contributed by atoms with Crippen LogP contribution in [-0.4, -0.2) is 23.0 Å². The Morgan fingerprint density at radius 3 is 1.90 bits per heavy atom. The van der Waals surface area contributed by atoms with E-state index in [0.29, 0.717) is 16.8 Å². The number of benzene rings is 4. The number of hydrogen-bond donors (Lipinski definition) is 0. The number of ketones is 2. The molecule has 2 aliphatic heterocycles. The van der Waals surface area contributed by atoms with Gasteiger partial charge < -0.3 is 4.74 Å². The third-order valence-corrected chi connectivity index (χ3v) is 7.85. The van der Waals surface area contributed by atoms with E-state index in [1.54, 1.807) is 24.3 Å². The number of rotatable bonds is 5. The molecule has 0 N–H and O–H groups in total.